The normalized spacial score (nSPS) is 10.5. The van der Waals surface area contributed by atoms with E-state index in [9.17, 15) is 4.91 Å². The predicted octanol–water partition coefficient (Wildman–Crippen LogP) is 4.91. The molecule has 0 rings (SSSR count). The minimum absolute atomic E-state index is 0.806. The lowest BCUT2D eigenvalue weighted by Gasteiger charge is -2.07. The molecule has 102 valence electrons. The fraction of sp³-hybridized carbons (Fsp3) is 1.00. The Morgan fingerprint density at radius 3 is 1.59 bits per heavy atom. The van der Waals surface area contributed by atoms with Crippen molar-refractivity contribution < 1.29 is 0 Å². The Balaban J connectivity index is 2.96. The molecule has 0 radical (unpaired) electrons. The van der Waals surface area contributed by atoms with Gasteiger partial charge in [0.1, 0.15) is 0 Å². The fourth-order valence-corrected chi connectivity index (χ4v) is 2.05. The molecule has 17 heavy (non-hydrogen) atoms. The van der Waals surface area contributed by atoms with E-state index in [0.717, 1.165) is 13.0 Å². The fourth-order valence-electron chi connectivity index (χ4n) is 2.05. The van der Waals surface area contributed by atoms with Crippen molar-refractivity contribution in [3.63, 3.8) is 0 Å². The third-order valence-corrected chi connectivity index (χ3v) is 3.22. The molecule has 0 aliphatic heterocycles. The lowest BCUT2D eigenvalue weighted by molar-refractivity contribution is 0.336. The summed E-state index contributed by atoms with van der Waals surface area (Å²) in [5, 5.41) is 4.33. The van der Waals surface area contributed by atoms with Crippen molar-refractivity contribution in [2.75, 3.05) is 13.6 Å². The van der Waals surface area contributed by atoms with Gasteiger partial charge >= 0.3 is 0 Å². The zero-order chi connectivity index (χ0) is 12.8. The first-order valence-corrected chi connectivity index (χ1v) is 7.35. The Morgan fingerprint density at radius 1 is 0.765 bits per heavy atom. The number of rotatable bonds is 13. The van der Waals surface area contributed by atoms with E-state index in [0.29, 0.717) is 0 Å². The molecule has 0 heterocycles. The van der Waals surface area contributed by atoms with Crippen LogP contribution in [0.3, 0.4) is 0 Å². The molecule has 0 aromatic carbocycles. The van der Waals surface area contributed by atoms with E-state index in [1.807, 2.05) is 0 Å². The van der Waals surface area contributed by atoms with Crippen LogP contribution in [0.4, 0.5) is 0 Å². The van der Waals surface area contributed by atoms with Gasteiger partial charge in [0.05, 0.1) is 5.29 Å². The van der Waals surface area contributed by atoms with Gasteiger partial charge in [0.15, 0.2) is 0 Å². The number of nitroso groups, excluding NO2 is 1. The number of nitrogens with zero attached hydrogens (tertiary/aromatic N) is 2. The highest BCUT2D eigenvalue weighted by Crippen LogP contribution is 2.11. The Labute approximate surface area is 107 Å². The van der Waals surface area contributed by atoms with E-state index < -0.39 is 0 Å². The van der Waals surface area contributed by atoms with Crippen molar-refractivity contribution in [3.05, 3.63) is 4.91 Å². The quantitative estimate of drug-likeness (QED) is 0.261. The summed E-state index contributed by atoms with van der Waals surface area (Å²) < 4.78 is 0. The maximum atomic E-state index is 10.1. The zero-order valence-electron chi connectivity index (χ0n) is 11.8. The van der Waals surface area contributed by atoms with Gasteiger partial charge in [0.25, 0.3) is 0 Å². The molecule has 0 saturated heterocycles. The van der Waals surface area contributed by atoms with Gasteiger partial charge in [-0.15, -0.1) is 4.91 Å². The van der Waals surface area contributed by atoms with Crippen molar-refractivity contribution in [2.45, 2.75) is 77.6 Å². The highest BCUT2D eigenvalue weighted by Gasteiger charge is 1.95. The molecule has 3 nitrogen and oxygen atoms in total. The third kappa shape index (κ3) is 13.3. The first kappa shape index (κ1) is 16.4. The van der Waals surface area contributed by atoms with E-state index in [1.54, 1.807) is 7.05 Å². The van der Waals surface area contributed by atoms with Gasteiger partial charge in [0.2, 0.25) is 0 Å². The first-order chi connectivity index (χ1) is 8.31. The molecule has 0 saturated carbocycles. The maximum absolute atomic E-state index is 10.1. The van der Waals surface area contributed by atoms with Crippen molar-refractivity contribution in [1.82, 2.24) is 5.01 Å². The molecule has 0 amide bonds. The third-order valence-electron chi connectivity index (χ3n) is 3.22. The molecule has 3 heteroatoms. The Hall–Kier alpha value is -0.600. The molecule has 0 spiro atoms. The molecule has 0 fully saturated rings. The molecule has 0 unspecified atom stereocenters. The lowest BCUT2D eigenvalue weighted by atomic mass is 10.1. The van der Waals surface area contributed by atoms with Gasteiger partial charge < -0.3 is 0 Å². The van der Waals surface area contributed by atoms with Gasteiger partial charge in [-0.3, -0.25) is 5.01 Å². The lowest BCUT2D eigenvalue weighted by Crippen LogP contribution is -2.10. The Kier molecular flexibility index (Phi) is 13.0. The summed E-state index contributed by atoms with van der Waals surface area (Å²) in [7, 11) is 1.74. The molecule has 0 N–H and O–H groups in total. The highest BCUT2D eigenvalue weighted by molar-refractivity contribution is 4.49. The van der Waals surface area contributed by atoms with Crippen LogP contribution in [-0.4, -0.2) is 18.6 Å². The van der Waals surface area contributed by atoms with E-state index in [-0.39, 0.29) is 0 Å². The van der Waals surface area contributed by atoms with Crippen LogP contribution in [0, 0.1) is 4.91 Å². The summed E-state index contributed by atoms with van der Waals surface area (Å²) in [5.41, 5.74) is 0. The summed E-state index contributed by atoms with van der Waals surface area (Å²) in [6, 6.07) is 0. The van der Waals surface area contributed by atoms with Crippen LogP contribution >= 0.6 is 0 Å². The predicted molar refractivity (Wildman–Crippen MR) is 74.9 cm³/mol. The smallest absolute Gasteiger partial charge is 0.0521 e. The van der Waals surface area contributed by atoms with Gasteiger partial charge in [-0.2, -0.15) is 0 Å². The van der Waals surface area contributed by atoms with Crippen LogP contribution in [0.15, 0.2) is 5.29 Å². The average Bonchev–Trinajstić information content (AvgIpc) is 2.35. The second-order valence-corrected chi connectivity index (χ2v) is 5.00. The van der Waals surface area contributed by atoms with Crippen LogP contribution in [0.1, 0.15) is 77.6 Å². The summed E-state index contributed by atoms with van der Waals surface area (Å²) >= 11 is 0. The van der Waals surface area contributed by atoms with Crippen LogP contribution in [0.25, 0.3) is 0 Å². The van der Waals surface area contributed by atoms with Gasteiger partial charge in [0, 0.05) is 13.6 Å². The highest BCUT2D eigenvalue weighted by atomic mass is 16.3. The molecule has 0 aliphatic carbocycles. The molecule has 0 aromatic rings. The summed E-state index contributed by atoms with van der Waals surface area (Å²) in [6.45, 7) is 3.07. The van der Waals surface area contributed by atoms with Crippen LogP contribution in [-0.2, 0) is 0 Å². The van der Waals surface area contributed by atoms with Gasteiger partial charge in [-0.05, 0) is 6.42 Å². The standard InChI is InChI=1S/C14H30N2O/c1-3-4-5-6-7-8-9-10-11-12-13-14-16(2)15-17/h3-14H2,1-2H3. The second-order valence-electron chi connectivity index (χ2n) is 5.00. The monoisotopic (exact) mass is 242 g/mol. The Morgan fingerprint density at radius 2 is 1.18 bits per heavy atom. The van der Waals surface area contributed by atoms with Crippen LogP contribution in [0.2, 0.25) is 0 Å². The van der Waals surface area contributed by atoms with Crippen molar-refractivity contribution in [1.29, 1.82) is 0 Å². The summed E-state index contributed by atoms with van der Waals surface area (Å²) in [4.78, 5) is 10.1. The molecule has 0 bridgehead atoms. The summed E-state index contributed by atoms with van der Waals surface area (Å²) in [5.74, 6) is 0. The van der Waals surface area contributed by atoms with E-state index in [1.165, 1.54) is 69.2 Å². The number of unbranched alkanes of at least 4 members (excludes halogenated alkanes) is 10. The van der Waals surface area contributed by atoms with Crippen molar-refractivity contribution >= 4 is 0 Å². The van der Waals surface area contributed by atoms with Crippen LogP contribution < -0.4 is 0 Å². The molecular weight excluding hydrogens is 212 g/mol. The first-order valence-electron chi connectivity index (χ1n) is 7.35. The summed E-state index contributed by atoms with van der Waals surface area (Å²) in [6.07, 6.45) is 14.8. The number of hydrogen-bond donors (Lipinski definition) is 0. The molecule has 0 atom stereocenters. The van der Waals surface area contributed by atoms with E-state index in [4.69, 9.17) is 0 Å². The van der Waals surface area contributed by atoms with Gasteiger partial charge in [-0.1, -0.05) is 71.1 Å². The Bertz CT molecular complexity index is 162. The van der Waals surface area contributed by atoms with E-state index in [2.05, 4.69) is 12.2 Å². The SMILES string of the molecule is CCCCCCCCCCCCCN(C)N=O. The topological polar surface area (TPSA) is 32.7 Å². The van der Waals surface area contributed by atoms with Gasteiger partial charge in [-0.25, -0.2) is 0 Å². The van der Waals surface area contributed by atoms with Crippen molar-refractivity contribution in [3.8, 4) is 0 Å². The molecule has 0 aromatic heterocycles. The maximum Gasteiger partial charge on any atom is 0.0521 e. The zero-order valence-corrected chi connectivity index (χ0v) is 11.8. The van der Waals surface area contributed by atoms with Crippen molar-refractivity contribution in [2.24, 2.45) is 5.29 Å². The molecule has 0 aliphatic rings. The largest absolute Gasteiger partial charge is 0.264 e. The average molecular weight is 242 g/mol. The minimum Gasteiger partial charge on any atom is -0.264 e. The minimum atomic E-state index is 0.806. The molecular formula is C14H30N2O. The second kappa shape index (κ2) is 13.5. The number of hydrogen-bond acceptors (Lipinski definition) is 2. The van der Waals surface area contributed by atoms with E-state index >= 15 is 0 Å². The van der Waals surface area contributed by atoms with Crippen LogP contribution in [0.5, 0.6) is 0 Å².